The number of carbonyl (C=O) groups is 2. The zero-order valence-corrected chi connectivity index (χ0v) is 16.2. The van der Waals surface area contributed by atoms with Crippen LogP contribution in [-0.4, -0.2) is 57.0 Å². The van der Waals surface area contributed by atoms with Gasteiger partial charge in [0.1, 0.15) is 23.3 Å². The number of fused-ring (bicyclic) bond motifs is 1. The molecule has 9 heteroatoms. The molecular weight excluding hydrogens is 389 g/mol. The van der Waals surface area contributed by atoms with Crippen molar-refractivity contribution in [1.29, 1.82) is 0 Å². The molecule has 1 atom stereocenters. The van der Waals surface area contributed by atoms with Crippen molar-refractivity contribution < 1.29 is 19.1 Å². The Bertz CT molecular complexity index is 1140. The molecule has 0 radical (unpaired) electrons. The summed E-state index contributed by atoms with van der Waals surface area (Å²) < 4.78 is 13.5. The fourth-order valence-corrected chi connectivity index (χ4v) is 3.40. The Morgan fingerprint density at radius 1 is 1.30 bits per heavy atom. The number of nitrogens with zero attached hydrogens (tertiary/aromatic N) is 3. The lowest BCUT2D eigenvalue weighted by molar-refractivity contribution is -0.144. The number of rotatable bonds is 4. The second kappa shape index (κ2) is 7.68. The van der Waals surface area contributed by atoms with Crippen molar-refractivity contribution in [2.75, 3.05) is 18.8 Å². The zero-order chi connectivity index (χ0) is 21.4. The summed E-state index contributed by atoms with van der Waals surface area (Å²) in [5.41, 5.74) is 7.73. The monoisotopic (exact) mass is 409 g/mol. The number of hydrogen-bond acceptors (Lipinski definition) is 6. The standard InChI is InChI=1S/C21H20FN5O3/c1-11(28)21(30)27-9-14(10-27)25-20(29)16-8-24-19(23)18-15(16)5-6-17(26-18)12-3-2-4-13(22)7-12/h2-8,11,14,28H,9-10H2,1H3,(H2,23,24)(H,25,29)/t11-/m1/s1. The number of pyridine rings is 2. The number of anilines is 1. The molecule has 8 nitrogen and oxygen atoms in total. The van der Waals surface area contributed by atoms with E-state index in [0.717, 1.165) is 0 Å². The van der Waals surface area contributed by atoms with E-state index in [4.69, 9.17) is 5.73 Å². The topological polar surface area (TPSA) is 121 Å². The van der Waals surface area contributed by atoms with E-state index < -0.39 is 6.10 Å². The van der Waals surface area contributed by atoms with Crippen LogP contribution in [0.1, 0.15) is 17.3 Å². The van der Waals surface area contributed by atoms with Gasteiger partial charge in [0.05, 0.1) is 17.3 Å². The second-order valence-corrected chi connectivity index (χ2v) is 7.25. The molecule has 0 bridgehead atoms. The van der Waals surface area contributed by atoms with E-state index in [0.29, 0.717) is 40.8 Å². The molecule has 1 aromatic carbocycles. The van der Waals surface area contributed by atoms with E-state index in [2.05, 4.69) is 15.3 Å². The number of aliphatic hydroxyl groups excluding tert-OH is 1. The van der Waals surface area contributed by atoms with E-state index in [1.54, 1.807) is 24.3 Å². The van der Waals surface area contributed by atoms with Gasteiger partial charge in [-0.2, -0.15) is 0 Å². The number of aromatic nitrogens is 2. The number of nitrogen functional groups attached to an aromatic ring is 1. The SMILES string of the molecule is C[C@@H](O)C(=O)N1CC(NC(=O)c2cnc(N)c3nc(-c4cccc(F)c4)ccc23)C1. The van der Waals surface area contributed by atoms with Gasteiger partial charge in [-0.3, -0.25) is 9.59 Å². The van der Waals surface area contributed by atoms with Gasteiger partial charge in [0, 0.05) is 30.2 Å². The van der Waals surface area contributed by atoms with Crippen molar-refractivity contribution in [2.24, 2.45) is 0 Å². The first-order valence-electron chi connectivity index (χ1n) is 9.42. The Morgan fingerprint density at radius 2 is 2.07 bits per heavy atom. The van der Waals surface area contributed by atoms with Crippen LogP contribution in [0.25, 0.3) is 22.2 Å². The highest BCUT2D eigenvalue weighted by Crippen LogP contribution is 2.26. The van der Waals surface area contributed by atoms with Crippen LogP contribution in [0.2, 0.25) is 0 Å². The van der Waals surface area contributed by atoms with Crippen LogP contribution in [0.5, 0.6) is 0 Å². The molecule has 1 saturated heterocycles. The van der Waals surface area contributed by atoms with E-state index >= 15 is 0 Å². The maximum absolute atomic E-state index is 13.5. The van der Waals surface area contributed by atoms with E-state index in [9.17, 15) is 19.1 Å². The lowest BCUT2D eigenvalue weighted by Gasteiger charge is -2.40. The summed E-state index contributed by atoms with van der Waals surface area (Å²) in [5.74, 6) is -0.939. The number of likely N-dealkylation sites (tertiary alicyclic amines) is 1. The Labute approximate surface area is 171 Å². The van der Waals surface area contributed by atoms with Crippen molar-refractivity contribution in [1.82, 2.24) is 20.2 Å². The van der Waals surface area contributed by atoms with E-state index in [1.165, 1.54) is 30.2 Å². The largest absolute Gasteiger partial charge is 0.384 e. The Morgan fingerprint density at radius 3 is 2.77 bits per heavy atom. The highest BCUT2D eigenvalue weighted by molar-refractivity contribution is 6.08. The lowest BCUT2D eigenvalue weighted by Crippen LogP contribution is -2.62. The Hall–Kier alpha value is -3.59. The molecule has 154 valence electrons. The van der Waals surface area contributed by atoms with Crippen LogP contribution in [0.3, 0.4) is 0 Å². The van der Waals surface area contributed by atoms with Crippen molar-refractivity contribution in [3.05, 3.63) is 54.0 Å². The summed E-state index contributed by atoms with van der Waals surface area (Å²) in [5, 5.41) is 12.7. The normalized spacial score (nSPS) is 15.0. The van der Waals surface area contributed by atoms with Gasteiger partial charge < -0.3 is 21.1 Å². The molecular formula is C21H20FN5O3. The summed E-state index contributed by atoms with van der Waals surface area (Å²) in [4.78, 5) is 34.5. The van der Waals surface area contributed by atoms with Gasteiger partial charge in [0.25, 0.3) is 11.8 Å². The minimum Gasteiger partial charge on any atom is -0.384 e. The second-order valence-electron chi connectivity index (χ2n) is 7.25. The van der Waals surface area contributed by atoms with Crippen LogP contribution >= 0.6 is 0 Å². The van der Waals surface area contributed by atoms with Gasteiger partial charge in [0.2, 0.25) is 0 Å². The predicted molar refractivity (Wildman–Crippen MR) is 109 cm³/mol. The molecule has 0 spiro atoms. The lowest BCUT2D eigenvalue weighted by atomic mass is 10.0. The van der Waals surface area contributed by atoms with Gasteiger partial charge in [0.15, 0.2) is 0 Å². The van der Waals surface area contributed by atoms with Gasteiger partial charge in [-0.25, -0.2) is 14.4 Å². The zero-order valence-electron chi connectivity index (χ0n) is 16.2. The minimum absolute atomic E-state index is 0.164. The van der Waals surface area contributed by atoms with Crippen molar-refractivity contribution in [3.63, 3.8) is 0 Å². The third kappa shape index (κ3) is 3.67. The molecule has 2 amide bonds. The molecule has 1 aliphatic rings. The smallest absolute Gasteiger partial charge is 0.253 e. The Balaban J connectivity index is 1.57. The summed E-state index contributed by atoms with van der Waals surface area (Å²) >= 11 is 0. The molecule has 2 aromatic heterocycles. The van der Waals surface area contributed by atoms with E-state index in [1.807, 2.05) is 0 Å². The molecule has 4 rings (SSSR count). The Kier molecular flexibility index (Phi) is 5.04. The van der Waals surface area contributed by atoms with Gasteiger partial charge in [-0.05, 0) is 31.2 Å². The maximum Gasteiger partial charge on any atom is 0.253 e. The summed E-state index contributed by atoms with van der Waals surface area (Å²) in [6.07, 6.45) is 0.318. The number of carbonyl (C=O) groups excluding carboxylic acids is 2. The number of amides is 2. The highest BCUT2D eigenvalue weighted by atomic mass is 19.1. The van der Waals surface area contributed by atoms with Crippen LogP contribution in [-0.2, 0) is 4.79 Å². The minimum atomic E-state index is -1.06. The average molecular weight is 409 g/mol. The fourth-order valence-electron chi connectivity index (χ4n) is 3.40. The molecule has 0 saturated carbocycles. The van der Waals surface area contributed by atoms with Gasteiger partial charge >= 0.3 is 0 Å². The molecule has 0 aliphatic carbocycles. The van der Waals surface area contributed by atoms with Crippen LogP contribution in [0.4, 0.5) is 10.2 Å². The first-order valence-corrected chi connectivity index (χ1v) is 9.42. The average Bonchev–Trinajstić information content (AvgIpc) is 2.69. The summed E-state index contributed by atoms with van der Waals surface area (Å²) in [6, 6.07) is 9.22. The third-order valence-electron chi connectivity index (χ3n) is 5.01. The molecule has 1 fully saturated rings. The number of benzene rings is 1. The first kappa shape index (κ1) is 19.7. The van der Waals surface area contributed by atoms with E-state index in [-0.39, 0.29) is 29.5 Å². The van der Waals surface area contributed by atoms with Gasteiger partial charge in [-0.15, -0.1) is 0 Å². The highest BCUT2D eigenvalue weighted by Gasteiger charge is 2.33. The molecule has 4 N–H and O–H groups in total. The van der Waals surface area contributed by atoms with Crippen LogP contribution in [0, 0.1) is 5.82 Å². The number of aliphatic hydroxyl groups is 1. The van der Waals surface area contributed by atoms with Crippen molar-refractivity contribution in [3.8, 4) is 11.3 Å². The van der Waals surface area contributed by atoms with Crippen molar-refractivity contribution >= 4 is 28.5 Å². The number of halogens is 1. The summed E-state index contributed by atoms with van der Waals surface area (Å²) in [7, 11) is 0. The number of nitrogens with two attached hydrogens (primary N) is 1. The third-order valence-corrected chi connectivity index (χ3v) is 5.01. The molecule has 0 unspecified atom stereocenters. The first-order chi connectivity index (χ1) is 14.3. The predicted octanol–water partition coefficient (Wildman–Crippen LogP) is 1.34. The van der Waals surface area contributed by atoms with Gasteiger partial charge in [-0.1, -0.05) is 12.1 Å². The fraction of sp³-hybridized carbons (Fsp3) is 0.238. The maximum atomic E-state index is 13.5. The molecule has 30 heavy (non-hydrogen) atoms. The van der Waals surface area contributed by atoms with Crippen LogP contribution < -0.4 is 11.1 Å². The number of hydrogen-bond donors (Lipinski definition) is 3. The molecule has 3 heterocycles. The summed E-state index contributed by atoms with van der Waals surface area (Å²) in [6.45, 7) is 2.07. The molecule has 3 aromatic rings. The number of nitrogens with one attached hydrogen (secondary N) is 1. The van der Waals surface area contributed by atoms with Crippen molar-refractivity contribution in [2.45, 2.75) is 19.1 Å². The van der Waals surface area contributed by atoms with Crippen LogP contribution in [0.15, 0.2) is 42.6 Å². The quantitative estimate of drug-likeness (QED) is 0.598. The molecule has 1 aliphatic heterocycles.